The van der Waals surface area contributed by atoms with E-state index in [4.69, 9.17) is 9.47 Å². The van der Waals surface area contributed by atoms with Gasteiger partial charge in [-0.25, -0.2) is 4.39 Å². The number of hydrogen-bond donors (Lipinski definition) is 0. The van der Waals surface area contributed by atoms with Crippen LogP contribution in [0.3, 0.4) is 0 Å². The van der Waals surface area contributed by atoms with Crippen LogP contribution in [0.5, 0.6) is 5.75 Å². The van der Waals surface area contributed by atoms with E-state index in [1.165, 1.54) is 12.1 Å². The van der Waals surface area contributed by atoms with Gasteiger partial charge in [-0.1, -0.05) is 37.6 Å². The van der Waals surface area contributed by atoms with Gasteiger partial charge >= 0.3 is 0 Å². The fourth-order valence-electron chi connectivity index (χ4n) is 1.95. The molecule has 0 fully saturated rings. The third-order valence-corrected chi connectivity index (χ3v) is 3.17. The van der Waals surface area contributed by atoms with Crippen molar-refractivity contribution in [3.05, 3.63) is 54.3 Å². The number of hydrogen-bond acceptors (Lipinski definition) is 2. The van der Waals surface area contributed by atoms with E-state index in [1.54, 1.807) is 12.1 Å². The smallest absolute Gasteiger partial charge is 0.123 e. The van der Waals surface area contributed by atoms with E-state index in [0.29, 0.717) is 13.2 Å². The summed E-state index contributed by atoms with van der Waals surface area (Å²) >= 11 is 0. The Labute approximate surface area is 125 Å². The molecule has 0 aliphatic rings. The second kappa shape index (κ2) is 8.42. The minimum absolute atomic E-state index is 0.221. The quantitative estimate of drug-likeness (QED) is 0.656. The van der Waals surface area contributed by atoms with Crippen LogP contribution in [0.4, 0.5) is 4.39 Å². The molecule has 0 aromatic heterocycles. The predicted octanol–water partition coefficient (Wildman–Crippen LogP) is 4.69. The first-order chi connectivity index (χ1) is 10.3. The van der Waals surface area contributed by atoms with Crippen LogP contribution in [-0.4, -0.2) is 19.8 Å². The van der Waals surface area contributed by atoms with Crippen molar-refractivity contribution in [2.75, 3.05) is 19.8 Å². The van der Waals surface area contributed by atoms with E-state index in [2.05, 4.69) is 6.92 Å². The molecule has 0 saturated carbocycles. The minimum Gasteiger partial charge on any atom is -0.491 e. The summed E-state index contributed by atoms with van der Waals surface area (Å²) in [5, 5.41) is 0. The number of rotatable bonds is 8. The van der Waals surface area contributed by atoms with Crippen molar-refractivity contribution in [3.8, 4) is 16.9 Å². The van der Waals surface area contributed by atoms with Gasteiger partial charge in [0, 0.05) is 6.61 Å². The molecule has 0 amide bonds. The molecule has 2 aromatic rings. The fourth-order valence-corrected chi connectivity index (χ4v) is 1.95. The highest BCUT2D eigenvalue weighted by molar-refractivity contribution is 5.63. The van der Waals surface area contributed by atoms with E-state index >= 15 is 0 Å². The van der Waals surface area contributed by atoms with Crippen LogP contribution in [-0.2, 0) is 4.74 Å². The van der Waals surface area contributed by atoms with Gasteiger partial charge in [0.2, 0.25) is 0 Å². The second-order valence-electron chi connectivity index (χ2n) is 4.85. The molecule has 0 N–H and O–H groups in total. The molecule has 21 heavy (non-hydrogen) atoms. The van der Waals surface area contributed by atoms with Gasteiger partial charge in [0.1, 0.15) is 18.2 Å². The topological polar surface area (TPSA) is 18.5 Å². The van der Waals surface area contributed by atoms with Crippen LogP contribution in [0.15, 0.2) is 48.5 Å². The van der Waals surface area contributed by atoms with Gasteiger partial charge < -0.3 is 9.47 Å². The lowest BCUT2D eigenvalue weighted by Crippen LogP contribution is -2.07. The summed E-state index contributed by atoms with van der Waals surface area (Å²) in [5.41, 5.74) is 2.03. The monoisotopic (exact) mass is 288 g/mol. The molecule has 0 heterocycles. The summed E-state index contributed by atoms with van der Waals surface area (Å²) in [7, 11) is 0. The Hall–Kier alpha value is -1.87. The van der Waals surface area contributed by atoms with Crippen LogP contribution < -0.4 is 4.74 Å². The van der Waals surface area contributed by atoms with Gasteiger partial charge in [0.05, 0.1) is 6.61 Å². The van der Waals surface area contributed by atoms with Crippen molar-refractivity contribution in [2.45, 2.75) is 19.8 Å². The normalized spacial score (nSPS) is 10.6. The lowest BCUT2D eigenvalue weighted by atomic mass is 10.1. The van der Waals surface area contributed by atoms with Crippen LogP contribution >= 0.6 is 0 Å². The standard InChI is InChI=1S/C18H21FO2/c1-2-3-12-20-13-14-21-18-10-6-16(7-11-18)15-4-8-17(19)9-5-15/h4-11H,2-3,12-14H2,1H3. The molecule has 0 unspecified atom stereocenters. The summed E-state index contributed by atoms with van der Waals surface area (Å²) in [6.45, 7) is 4.10. The van der Waals surface area contributed by atoms with Gasteiger partial charge in [0.15, 0.2) is 0 Å². The molecule has 0 aliphatic carbocycles. The molecule has 0 radical (unpaired) electrons. The Morgan fingerprint density at radius 1 is 0.810 bits per heavy atom. The molecule has 2 rings (SSSR count). The largest absolute Gasteiger partial charge is 0.491 e. The van der Waals surface area contributed by atoms with Crippen LogP contribution in [0.25, 0.3) is 11.1 Å². The first-order valence-electron chi connectivity index (χ1n) is 7.36. The molecule has 3 heteroatoms. The van der Waals surface area contributed by atoms with Crippen molar-refractivity contribution >= 4 is 0 Å². The lowest BCUT2D eigenvalue weighted by molar-refractivity contribution is 0.0981. The molecular weight excluding hydrogens is 267 g/mol. The zero-order valence-electron chi connectivity index (χ0n) is 12.3. The summed E-state index contributed by atoms with van der Waals surface area (Å²) in [4.78, 5) is 0. The van der Waals surface area contributed by atoms with Crippen molar-refractivity contribution in [1.82, 2.24) is 0 Å². The van der Waals surface area contributed by atoms with Gasteiger partial charge in [-0.15, -0.1) is 0 Å². The minimum atomic E-state index is -0.221. The van der Waals surface area contributed by atoms with Gasteiger partial charge in [-0.2, -0.15) is 0 Å². The molecule has 0 bridgehead atoms. The molecule has 0 saturated heterocycles. The molecule has 0 spiro atoms. The fraction of sp³-hybridized carbons (Fsp3) is 0.333. The molecule has 2 nitrogen and oxygen atoms in total. The molecular formula is C18H21FO2. The van der Waals surface area contributed by atoms with E-state index in [9.17, 15) is 4.39 Å². The maximum absolute atomic E-state index is 12.9. The Morgan fingerprint density at radius 2 is 1.43 bits per heavy atom. The molecule has 0 aliphatic heterocycles. The van der Waals surface area contributed by atoms with Crippen molar-refractivity contribution in [2.24, 2.45) is 0 Å². The number of ether oxygens (including phenoxy) is 2. The highest BCUT2D eigenvalue weighted by Gasteiger charge is 1.99. The van der Waals surface area contributed by atoms with Gasteiger partial charge in [0.25, 0.3) is 0 Å². The second-order valence-corrected chi connectivity index (χ2v) is 4.85. The van der Waals surface area contributed by atoms with E-state index in [1.807, 2.05) is 24.3 Å². The summed E-state index contributed by atoms with van der Waals surface area (Å²) < 4.78 is 23.9. The SMILES string of the molecule is CCCCOCCOc1ccc(-c2ccc(F)cc2)cc1. The Bertz CT molecular complexity index is 520. The zero-order chi connectivity index (χ0) is 14.9. The average Bonchev–Trinajstić information content (AvgIpc) is 2.52. The van der Waals surface area contributed by atoms with Crippen molar-refractivity contribution in [1.29, 1.82) is 0 Å². The molecule has 2 aromatic carbocycles. The van der Waals surface area contributed by atoms with E-state index in [-0.39, 0.29) is 5.82 Å². The van der Waals surface area contributed by atoms with Gasteiger partial charge in [-0.3, -0.25) is 0 Å². The highest BCUT2D eigenvalue weighted by Crippen LogP contribution is 2.22. The van der Waals surface area contributed by atoms with Crippen LogP contribution in [0.1, 0.15) is 19.8 Å². The first-order valence-corrected chi connectivity index (χ1v) is 7.36. The van der Waals surface area contributed by atoms with E-state index in [0.717, 1.165) is 36.3 Å². The molecule has 0 atom stereocenters. The number of unbranched alkanes of at least 4 members (excludes halogenated alkanes) is 1. The maximum Gasteiger partial charge on any atom is 0.123 e. The Kier molecular flexibility index (Phi) is 6.22. The highest BCUT2D eigenvalue weighted by atomic mass is 19.1. The lowest BCUT2D eigenvalue weighted by Gasteiger charge is -2.08. The molecule has 112 valence electrons. The summed E-state index contributed by atoms with van der Waals surface area (Å²) in [6.07, 6.45) is 2.23. The summed E-state index contributed by atoms with van der Waals surface area (Å²) in [5.74, 6) is 0.599. The third-order valence-electron chi connectivity index (χ3n) is 3.17. The van der Waals surface area contributed by atoms with Gasteiger partial charge in [-0.05, 0) is 41.8 Å². The van der Waals surface area contributed by atoms with E-state index < -0.39 is 0 Å². The Balaban J connectivity index is 1.80. The Morgan fingerprint density at radius 3 is 2.05 bits per heavy atom. The summed E-state index contributed by atoms with van der Waals surface area (Å²) in [6, 6.07) is 14.3. The number of halogens is 1. The third kappa shape index (κ3) is 5.20. The van der Waals surface area contributed by atoms with Crippen molar-refractivity contribution in [3.63, 3.8) is 0 Å². The maximum atomic E-state index is 12.9. The van der Waals surface area contributed by atoms with Crippen LogP contribution in [0, 0.1) is 5.82 Å². The van der Waals surface area contributed by atoms with Crippen molar-refractivity contribution < 1.29 is 13.9 Å². The number of benzene rings is 2. The zero-order valence-corrected chi connectivity index (χ0v) is 12.3. The first kappa shape index (κ1) is 15.5. The average molecular weight is 288 g/mol. The van der Waals surface area contributed by atoms with Crippen LogP contribution in [0.2, 0.25) is 0 Å². The predicted molar refractivity (Wildman–Crippen MR) is 83.1 cm³/mol.